The Bertz CT molecular complexity index is 374. The highest BCUT2D eigenvalue weighted by atomic mass is 32.1. The molecule has 4 nitrogen and oxygen atoms in total. The molecule has 1 aliphatic heterocycles. The summed E-state index contributed by atoms with van der Waals surface area (Å²) >= 11 is 4.63. The summed E-state index contributed by atoms with van der Waals surface area (Å²) in [5, 5.41) is 11.8. The fourth-order valence-corrected chi connectivity index (χ4v) is 2.30. The smallest absolute Gasteiger partial charge is 0.138 e. The van der Waals surface area contributed by atoms with Crippen LogP contribution < -0.4 is 10.2 Å². The molecule has 1 radical (unpaired) electrons. The maximum Gasteiger partial charge on any atom is 0.138 e. The average molecular weight is 264 g/mol. The molecule has 97 valence electrons. The number of nitrogens with one attached hydrogen (secondary N) is 1. The lowest BCUT2D eigenvalue weighted by Crippen LogP contribution is -2.47. The number of anilines is 2. The summed E-state index contributed by atoms with van der Waals surface area (Å²) in [6.45, 7) is 5.05. The molecule has 1 heterocycles. The molecule has 2 rings (SSSR count). The molecule has 0 saturated carbocycles. The maximum atomic E-state index is 8.91. The van der Waals surface area contributed by atoms with Crippen molar-refractivity contribution in [1.82, 2.24) is 4.90 Å². The van der Waals surface area contributed by atoms with Crippen molar-refractivity contribution in [2.24, 2.45) is 0 Å². The second-order valence-electron chi connectivity index (χ2n) is 4.33. The van der Waals surface area contributed by atoms with Crippen molar-refractivity contribution >= 4 is 29.1 Å². The lowest BCUT2D eigenvalue weighted by atomic mass is 10.2. The number of aliphatic hydroxyl groups is 1. The van der Waals surface area contributed by atoms with E-state index < -0.39 is 0 Å². The first-order chi connectivity index (χ1) is 8.83. The van der Waals surface area contributed by atoms with Gasteiger partial charge in [0.2, 0.25) is 0 Å². The van der Waals surface area contributed by atoms with E-state index in [9.17, 15) is 0 Å². The molecule has 0 bridgehead atoms. The molecule has 5 heteroatoms. The Morgan fingerprint density at radius 3 is 2.39 bits per heavy atom. The Balaban J connectivity index is 1.90. The molecule has 0 spiro atoms. The van der Waals surface area contributed by atoms with Crippen LogP contribution in [0, 0.1) is 0 Å². The Morgan fingerprint density at radius 1 is 1.17 bits per heavy atom. The van der Waals surface area contributed by atoms with Gasteiger partial charge >= 0.3 is 0 Å². The minimum absolute atomic E-state index is 0.244. The van der Waals surface area contributed by atoms with Crippen LogP contribution in [0.15, 0.2) is 24.3 Å². The predicted octanol–water partition coefficient (Wildman–Crippen LogP) is 1.05. The minimum atomic E-state index is 0.244. The monoisotopic (exact) mass is 264 g/mol. The highest BCUT2D eigenvalue weighted by Crippen LogP contribution is 2.19. The van der Waals surface area contributed by atoms with E-state index in [1.54, 1.807) is 0 Å². The fourth-order valence-electron chi connectivity index (χ4n) is 2.19. The summed E-state index contributed by atoms with van der Waals surface area (Å²) in [5.74, 6) is 0. The van der Waals surface area contributed by atoms with E-state index >= 15 is 0 Å². The van der Waals surface area contributed by atoms with Crippen LogP contribution in [0.4, 0.5) is 11.4 Å². The van der Waals surface area contributed by atoms with Gasteiger partial charge in [0.25, 0.3) is 0 Å². The van der Waals surface area contributed by atoms with Crippen LogP contribution in [0.2, 0.25) is 0 Å². The van der Waals surface area contributed by atoms with Gasteiger partial charge in [-0.3, -0.25) is 4.90 Å². The number of aliphatic hydroxyl groups excluding tert-OH is 1. The van der Waals surface area contributed by atoms with E-state index in [1.807, 2.05) is 12.1 Å². The van der Waals surface area contributed by atoms with Gasteiger partial charge in [-0.05, 0) is 24.3 Å². The van der Waals surface area contributed by atoms with Crippen molar-refractivity contribution < 1.29 is 5.11 Å². The first kappa shape index (κ1) is 13.3. The van der Waals surface area contributed by atoms with Crippen LogP contribution in [-0.4, -0.2) is 54.8 Å². The third-order valence-electron chi connectivity index (χ3n) is 3.22. The van der Waals surface area contributed by atoms with Crippen LogP contribution in [0.5, 0.6) is 0 Å². The van der Waals surface area contributed by atoms with Gasteiger partial charge in [-0.15, -0.1) is 0 Å². The molecular weight excluding hydrogens is 246 g/mol. The Kier molecular flexibility index (Phi) is 4.92. The predicted molar refractivity (Wildman–Crippen MR) is 78.4 cm³/mol. The molecule has 0 unspecified atom stereocenters. The van der Waals surface area contributed by atoms with Crippen molar-refractivity contribution in [3.05, 3.63) is 24.3 Å². The maximum absolute atomic E-state index is 8.91. The van der Waals surface area contributed by atoms with Gasteiger partial charge in [0, 0.05) is 44.1 Å². The molecule has 0 atom stereocenters. The number of hydrogen-bond acceptors (Lipinski definition) is 4. The Hall–Kier alpha value is -1.17. The van der Waals surface area contributed by atoms with Crippen molar-refractivity contribution in [1.29, 1.82) is 0 Å². The average Bonchev–Trinajstić information content (AvgIpc) is 2.41. The number of thiocarbonyl (C=S) groups is 1. The molecule has 1 fully saturated rings. The Labute approximate surface area is 113 Å². The van der Waals surface area contributed by atoms with Gasteiger partial charge in [-0.2, -0.15) is 0 Å². The molecule has 1 aromatic rings. The molecule has 1 saturated heterocycles. The Morgan fingerprint density at radius 2 is 1.83 bits per heavy atom. The zero-order valence-electron chi connectivity index (χ0n) is 10.3. The first-order valence-corrected chi connectivity index (χ1v) is 6.55. The molecule has 1 aromatic carbocycles. The third kappa shape index (κ3) is 3.41. The fraction of sp³-hybridized carbons (Fsp3) is 0.462. The van der Waals surface area contributed by atoms with Crippen molar-refractivity contribution in [3.8, 4) is 0 Å². The van der Waals surface area contributed by atoms with Gasteiger partial charge in [-0.1, -0.05) is 12.2 Å². The van der Waals surface area contributed by atoms with E-state index in [2.05, 4.69) is 45.0 Å². The second-order valence-corrected chi connectivity index (χ2v) is 4.53. The van der Waals surface area contributed by atoms with Gasteiger partial charge in [-0.25, -0.2) is 0 Å². The van der Waals surface area contributed by atoms with Crippen LogP contribution in [0.1, 0.15) is 0 Å². The molecule has 0 aliphatic carbocycles. The van der Waals surface area contributed by atoms with Crippen LogP contribution in [0.25, 0.3) is 0 Å². The lowest BCUT2D eigenvalue weighted by Gasteiger charge is -2.35. The number of benzene rings is 1. The standard InChI is InChI=1S/C13H18N3OS/c17-10-9-15-5-7-16(8-6-15)13-3-1-12(2-4-13)14-11-18/h1-4,17H,5-10H2,(H,14,18). The molecule has 18 heavy (non-hydrogen) atoms. The summed E-state index contributed by atoms with van der Waals surface area (Å²) in [5.41, 5.74) is 4.69. The zero-order chi connectivity index (χ0) is 12.8. The summed E-state index contributed by atoms with van der Waals surface area (Å²) < 4.78 is 0. The molecule has 0 aromatic heterocycles. The van der Waals surface area contributed by atoms with Crippen molar-refractivity contribution in [2.45, 2.75) is 0 Å². The van der Waals surface area contributed by atoms with Gasteiger partial charge < -0.3 is 15.3 Å². The van der Waals surface area contributed by atoms with E-state index in [1.165, 1.54) is 5.69 Å². The SMILES string of the molecule is OCCN1CCN(c2ccc(N[C]=S)cc2)CC1. The number of piperazine rings is 1. The van der Waals surface area contributed by atoms with Crippen LogP contribution in [0.3, 0.4) is 0 Å². The summed E-state index contributed by atoms with van der Waals surface area (Å²) in [6, 6.07) is 8.21. The first-order valence-electron chi connectivity index (χ1n) is 6.15. The van der Waals surface area contributed by atoms with E-state index in [4.69, 9.17) is 5.11 Å². The lowest BCUT2D eigenvalue weighted by molar-refractivity contribution is 0.189. The quantitative estimate of drug-likeness (QED) is 0.614. The van der Waals surface area contributed by atoms with E-state index in [-0.39, 0.29) is 6.61 Å². The topological polar surface area (TPSA) is 38.7 Å². The number of rotatable bonds is 5. The largest absolute Gasteiger partial charge is 0.395 e. The molecule has 2 N–H and O–H groups in total. The van der Waals surface area contributed by atoms with Crippen molar-refractivity contribution in [3.63, 3.8) is 0 Å². The molecule has 0 amide bonds. The molecule has 1 aliphatic rings. The second kappa shape index (κ2) is 6.68. The van der Waals surface area contributed by atoms with Gasteiger partial charge in [0.05, 0.1) is 6.61 Å². The number of β-amino-alcohol motifs (C(OH)–C–C–N with tert-alkyl or cyclic N) is 1. The summed E-state index contributed by atoms with van der Waals surface area (Å²) in [6.07, 6.45) is 0. The zero-order valence-corrected chi connectivity index (χ0v) is 11.1. The number of hydrogen-bond donors (Lipinski definition) is 2. The van der Waals surface area contributed by atoms with E-state index in [0.29, 0.717) is 0 Å². The van der Waals surface area contributed by atoms with Crippen molar-refractivity contribution in [2.75, 3.05) is 49.5 Å². The number of nitrogens with zero attached hydrogens (tertiary/aromatic N) is 2. The highest BCUT2D eigenvalue weighted by Gasteiger charge is 2.16. The summed E-state index contributed by atoms with van der Waals surface area (Å²) in [4.78, 5) is 4.65. The van der Waals surface area contributed by atoms with E-state index in [0.717, 1.165) is 38.4 Å². The molecular formula is C13H18N3OS. The highest BCUT2D eigenvalue weighted by molar-refractivity contribution is 7.79. The minimum Gasteiger partial charge on any atom is -0.395 e. The van der Waals surface area contributed by atoms with Gasteiger partial charge in [0.1, 0.15) is 5.49 Å². The van der Waals surface area contributed by atoms with Gasteiger partial charge in [0.15, 0.2) is 0 Å². The van der Waals surface area contributed by atoms with Crippen LogP contribution >= 0.6 is 12.2 Å². The third-order valence-corrected chi connectivity index (χ3v) is 3.32. The van der Waals surface area contributed by atoms with Crippen LogP contribution in [-0.2, 0) is 0 Å². The normalized spacial score (nSPS) is 16.6. The summed E-state index contributed by atoms with van der Waals surface area (Å²) in [7, 11) is 0.